The Balaban J connectivity index is 1.75. The topological polar surface area (TPSA) is 44.4 Å². The van der Waals surface area contributed by atoms with E-state index < -0.39 is 5.41 Å². The summed E-state index contributed by atoms with van der Waals surface area (Å²) in [5.74, 6) is 0.116. The number of hydrogen-bond donors (Lipinski definition) is 2. The maximum atomic E-state index is 12.6. The standard InChI is InChI=1S/C22H25Cl2N3O/c1-13-5-7-16(19(24)18(13)23)22(9-10-25-12-22)26-14-6-8-15-17(11-14)27(4)20(28)21(15,2)3/h5-8,11,25-26H,9-10,12H2,1-4H3/t22-/m1/s1. The molecule has 1 amide bonds. The summed E-state index contributed by atoms with van der Waals surface area (Å²) in [4.78, 5) is 14.3. The SMILES string of the molecule is Cc1ccc([C@@]2(Nc3ccc4c(c3)N(C)C(=O)C4(C)C)CCNC2)c(Cl)c1Cl. The number of nitrogens with zero attached hydrogens (tertiary/aromatic N) is 1. The van der Waals surface area contributed by atoms with E-state index >= 15 is 0 Å². The number of halogens is 2. The molecular weight excluding hydrogens is 393 g/mol. The first-order valence-electron chi connectivity index (χ1n) is 9.54. The van der Waals surface area contributed by atoms with Crippen molar-refractivity contribution in [2.75, 3.05) is 30.4 Å². The van der Waals surface area contributed by atoms with Crippen LogP contribution in [0.3, 0.4) is 0 Å². The van der Waals surface area contributed by atoms with Gasteiger partial charge >= 0.3 is 0 Å². The molecule has 0 spiro atoms. The van der Waals surface area contributed by atoms with E-state index in [0.717, 1.165) is 47.6 Å². The van der Waals surface area contributed by atoms with E-state index in [2.05, 4.69) is 34.9 Å². The molecular formula is C22H25Cl2N3O. The first kappa shape index (κ1) is 19.6. The Labute approximate surface area is 176 Å². The molecule has 2 heterocycles. The molecule has 4 rings (SSSR count). The lowest BCUT2D eigenvalue weighted by Gasteiger charge is -2.33. The van der Waals surface area contributed by atoms with Crippen LogP contribution in [0.15, 0.2) is 30.3 Å². The summed E-state index contributed by atoms with van der Waals surface area (Å²) in [6.45, 7) is 7.55. The molecule has 0 bridgehead atoms. The number of anilines is 2. The number of nitrogens with one attached hydrogen (secondary N) is 2. The number of carbonyl (C=O) groups is 1. The third-order valence-corrected chi connectivity index (χ3v) is 7.18. The highest BCUT2D eigenvalue weighted by atomic mass is 35.5. The van der Waals surface area contributed by atoms with E-state index in [1.54, 1.807) is 4.90 Å². The van der Waals surface area contributed by atoms with E-state index in [-0.39, 0.29) is 11.4 Å². The number of carbonyl (C=O) groups excluding carboxylic acids is 1. The van der Waals surface area contributed by atoms with Gasteiger partial charge in [0.1, 0.15) is 0 Å². The quantitative estimate of drug-likeness (QED) is 0.749. The minimum atomic E-state index is -0.497. The molecule has 1 saturated heterocycles. The normalized spacial score (nSPS) is 23.2. The molecule has 0 radical (unpaired) electrons. The minimum absolute atomic E-state index is 0.116. The van der Waals surface area contributed by atoms with Gasteiger partial charge < -0.3 is 15.5 Å². The molecule has 0 aromatic heterocycles. The maximum absolute atomic E-state index is 12.6. The third-order valence-electron chi connectivity index (χ3n) is 6.20. The van der Waals surface area contributed by atoms with Gasteiger partial charge in [0.05, 0.1) is 21.0 Å². The second-order valence-electron chi connectivity index (χ2n) is 8.41. The van der Waals surface area contributed by atoms with Crippen molar-refractivity contribution >= 4 is 40.5 Å². The molecule has 2 aliphatic heterocycles. The molecule has 0 saturated carbocycles. The second kappa shape index (κ2) is 6.65. The first-order chi connectivity index (χ1) is 13.2. The Morgan fingerprint density at radius 2 is 1.82 bits per heavy atom. The number of aryl methyl sites for hydroxylation is 1. The summed E-state index contributed by atoms with van der Waals surface area (Å²) in [6.07, 6.45) is 0.892. The smallest absolute Gasteiger partial charge is 0.236 e. The van der Waals surface area contributed by atoms with E-state index in [0.29, 0.717) is 10.0 Å². The van der Waals surface area contributed by atoms with Crippen LogP contribution in [-0.2, 0) is 15.7 Å². The minimum Gasteiger partial charge on any atom is -0.374 e. The van der Waals surface area contributed by atoms with Crippen molar-refractivity contribution in [1.82, 2.24) is 5.32 Å². The van der Waals surface area contributed by atoms with Crippen molar-refractivity contribution in [3.05, 3.63) is 57.1 Å². The lowest BCUT2D eigenvalue weighted by atomic mass is 9.85. The van der Waals surface area contributed by atoms with Crippen LogP contribution in [0.25, 0.3) is 0 Å². The Bertz CT molecular complexity index is 964. The Morgan fingerprint density at radius 1 is 1.11 bits per heavy atom. The fourth-order valence-corrected chi connectivity index (χ4v) is 5.00. The lowest BCUT2D eigenvalue weighted by molar-refractivity contribution is -0.121. The molecule has 28 heavy (non-hydrogen) atoms. The monoisotopic (exact) mass is 417 g/mol. The highest BCUT2D eigenvalue weighted by Gasteiger charge is 2.43. The zero-order valence-corrected chi connectivity index (χ0v) is 18.1. The van der Waals surface area contributed by atoms with Gasteiger partial charge in [0.25, 0.3) is 0 Å². The summed E-state index contributed by atoms with van der Waals surface area (Å²) >= 11 is 13.1. The molecule has 0 unspecified atom stereocenters. The van der Waals surface area contributed by atoms with Crippen LogP contribution in [0.5, 0.6) is 0 Å². The van der Waals surface area contributed by atoms with Gasteiger partial charge in [-0.15, -0.1) is 0 Å². The van der Waals surface area contributed by atoms with Crippen LogP contribution >= 0.6 is 23.2 Å². The van der Waals surface area contributed by atoms with Crippen molar-refractivity contribution in [2.24, 2.45) is 0 Å². The van der Waals surface area contributed by atoms with Crippen LogP contribution in [0.2, 0.25) is 10.0 Å². The van der Waals surface area contributed by atoms with Crippen LogP contribution in [0.4, 0.5) is 11.4 Å². The van der Waals surface area contributed by atoms with Gasteiger partial charge in [0, 0.05) is 25.0 Å². The molecule has 2 aromatic carbocycles. The number of hydrogen-bond acceptors (Lipinski definition) is 3. The predicted octanol–water partition coefficient (Wildman–Crippen LogP) is 4.86. The average molecular weight is 418 g/mol. The Kier molecular flexibility index (Phi) is 4.65. The zero-order valence-electron chi connectivity index (χ0n) is 16.6. The van der Waals surface area contributed by atoms with Crippen molar-refractivity contribution < 1.29 is 4.79 Å². The van der Waals surface area contributed by atoms with E-state index in [1.165, 1.54) is 0 Å². The molecule has 2 aromatic rings. The Hall–Kier alpha value is -1.75. The van der Waals surface area contributed by atoms with E-state index in [9.17, 15) is 4.79 Å². The number of fused-ring (bicyclic) bond motifs is 1. The van der Waals surface area contributed by atoms with Gasteiger partial charge in [-0.3, -0.25) is 4.79 Å². The van der Waals surface area contributed by atoms with Crippen LogP contribution in [0.1, 0.15) is 37.0 Å². The van der Waals surface area contributed by atoms with Gasteiger partial charge in [-0.25, -0.2) is 0 Å². The van der Waals surface area contributed by atoms with Gasteiger partial charge in [-0.1, -0.05) is 41.4 Å². The number of likely N-dealkylation sites (N-methyl/N-ethyl adjacent to an activating group) is 1. The highest BCUT2D eigenvalue weighted by molar-refractivity contribution is 6.43. The van der Waals surface area contributed by atoms with Crippen LogP contribution in [0, 0.1) is 6.92 Å². The summed E-state index contributed by atoms with van der Waals surface area (Å²) in [5.41, 5.74) is 4.10. The van der Waals surface area contributed by atoms with Gasteiger partial charge in [-0.05, 0) is 62.6 Å². The molecule has 0 aliphatic carbocycles. The highest BCUT2D eigenvalue weighted by Crippen LogP contribution is 2.44. The summed E-state index contributed by atoms with van der Waals surface area (Å²) < 4.78 is 0. The van der Waals surface area contributed by atoms with Gasteiger partial charge in [0.15, 0.2) is 0 Å². The van der Waals surface area contributed by atoms with E-state index in [1.807, 2.05) is 33.9 Å². The summed E-state index contributed by atoms with van der Waals surface area (Å²) in [5, 5.41) is 8.36. The fourth-order valence-electron chi connectivity index (χ4n) is 4.45. The van der Waals surface area contributed by atoms with E-state index in [4.69, 9.17) is 23.2 Å². The van der Waals surface area contributed by atoms with Crippen molar-refractivity contribution in [2.45, 2.75) is 38.1 Å². The molecule has 1 fully saturated rings. The average Bonchev–Trinajstić information content (AvgIpc) is 3.19. The number of rotatable bonds is 3. The zero-order chi connectivity index (χ0) is 20.3. The summed E-state index contributed by atoms with van der Waals surface area (Å²) in [7, 11) is 1.84. The molecule has 6 heteroatoms. The van der Waals surface area contributed by atoms with Crippen molar-refractivity contribution in [3.8, 4) is 0 Å². The Morgan fingerprint density at radius 3 is 2.50 bits per heavy atom. The summed E-state index contributed by atoms with van der Waals surface area (Å²) in [6, 6.07) is 10.3. The molecule has 4 nitrogen and oxygen atoms in total. The second-order valence-corrected chi connectivity index (χ2v) is 9.17. The molecule has 1 atom stereocenters. The van der Waals surface area contributed by atoms with Crippen molar-refractivity contribution in [1.29, 1.82) is 0 Å². The fraction of sp³-hybridized carbons (Fsp3) is 0.409. The maximum Gasteiger partial charge on any atom is 0.236 e. The van der Waals surface area contributed by atoms with Gasteiger partial charge in [-0.2, -0.15) is 0 Å². The largest absolute Gasteiger partial charge is 0.374 e. The predicted molar refractivity (Wildman–Crippen MR) is 117 cm³/mol. The third kappa shape index (κ3) is 2.81. The molecule has 148 valence electrons. The van der Waals surface area contributed by atoms with Crippen LogP contribution < -0.4 is 15.5 Å². The first-order valence-corrected chi connectivity index (χ1v) is 10.3. The van der Waals surface area contributed by atoms with Gasteiger partial charge in [0.2, 0.25) is 5.91 Å². The molecule has 2 N–H and O–H groups in total. The number of benzene rings is 2. The lowest BCUT2D eigenvalue weighted by Crippen LogP contribution is -2.38. The van der Waals surface area contributed by atoms with Crippen LogP contribution in [-0.4, -0.2) is 26.0 Å². The number of amides is 1. The van der Waals surface area contributed by atoms with Crippen molar-refractivity contribution in [3.63, 3.8) is 0 Å². The molecule has 2 aliphatic rings.